The second kappa shape index (κ2) is 4.98. The summed E-state index contributed by atoms with van der Waals surface area (Å²) in [5.41, 5.74) is 1.12. The van der Waals surface area contributed by atoms with Crippen LogP contribution in [0, 0.1) is 6.92 Å². The van der Waals surface area contributed by atoms with Gasteiger partial charge in [-0.1, -0.05) is 0 Å². The van der Waals surface area contributed by atoms with Crippen LogP contribution in [0.3, 0.4) is 0 Å². The van der Waals surface area contributed by atoms with Crippen molar-refractivity contribution in [3.8, 4) is 5.75 Å². The van der Waals surface area contributed by atoms with Gasteiger partial charge >= 0.3 is 0 Å². The minimum absolute atomic E-state index is 0.121. The number of rotatable bonds is 3. The molecule has 0 spiro atoms. The summed E-state index contributed by atoms with van der Waals surface area (Å²) in [7, 11) is 0. The number of amides is 1. The van der Waals surface area contributed by atoms with E-state index in [-0.39, 0.29) is 17.3 Å². The van der Waals surface area contributed by atoms with Crippen molar-refractivity contribution in [1.82, 2.24) is 5.32 Å². The van der Waals surface area contributed by atoms with E-state index in [0.29, 0.717) is 12.1 Å². The molecular formula is C14H19NO3. The van der Waals surface area contributed by atoms with E-state index in [1.165, 1.54) is 6.07 Å². The van der Waals surface area contributed by atoms with Crippen molar-refractivity contribution in [3.63, 3.8) is 0 Å². The van der Waals surface area contributed by atoms with Gasteiger partial charge in [0, 0.05) is 18.7 Å². The van der Waals surface area contributed by atoms with Crippen LogP contribution in [0.2, 0.25) is 0 Å². The lowest BCUT2D eigenvalue weighted by Gasteiger charge is -2.23. The third-order valence-electron chi connectivity index (χ3n) is 3.38. The first-order chi connectivity index (χ1) is 8.50. The van der Waals surface area contributed by atoms with Crippen molar-refractivity contribution in [1.29, 1.82) is 0 Å². The molecule has 1 amide bonds. The summed E-state index contributed by atoms with van der Waals surface area (Å²) >= 11 is 0. The van der Waals surface area contributed by atoms with Gasteiger partial charge in [-0.25, -0.2) is 0 Å². The van der Waals surface area contributed by atoms with Crippen LogP contribution in [0.4, 0.5) is 0 Å². The molecule has 98 valence electrons. The van der Waals surface area contributed by atoms with Crippen LogP contribution < -0.4 is 5.32 Å². The van der Waals surface area contributed by atoms with Gasteiger partial charge in [0.15, 0.2) is 0 Å². The highest BCUT2D eigenvalue weighted by molar-refractivity contribution is 5.95. The highest BCUT2D eigenvalue weighted by Gasteiger charge is 2.30. The average molecular weight is 249 g/mol. The van der Waals surface area contributed by atoms with Crippen molar-refractivity contribution in [3.05, 3.63) is 29.3 Å². The SMILES string of the molecule is Cc1cc(O)ccc1C(=O)NCC1(C)CCCO1. The van der Waals surface area contributed by atoms with E-state index in [0.717, 1.165) is 25.0 Å². The summed E-state index contributed by atoms with van der Waals surface area (Å²) in [6.07, 6.45) is 2.02. The molecule has 0 aromatic heterocycles. The summed E-state index contributed by atoms with van der Waals surface area (Å²) < 4.78 is 5.62. The van der Waals surface area contributed by atoms with Gasteiger partial charge in [-0.15, -0.1) is 0 Å². The number of aryl methyl sites for hydroxylation is 1. The predicted octanol–water partition coefficient (Wildman–Crippen LogP) is 2.00. The summed E-state index contributed by atoms with van der Waals surface area (Å²) in [5, 5.41) is 12.2. The van der Waals surface area contributed by atoms with E-state index < -0.39 is 0 Å². The minimum Gasteiger partial charge on any atom is -0.508 e. The molecule has 1 aliphatic heterocycles. The molecule has 1 unspecified atom stereocenters. The number of phenols is 1. The zero-order valence-corrected chi connectivity index (χ0v) is 10.8. The second-order valence-corrected chi connectivity index (χ2v) is 5.08. The van der Waals surface area contributed by atoms with Crippen molar-refractivity contribution in [2.45, 2.75) is 32.3 Å². The van der Waals surface area contributed by atoms with Crippen LogP contribution in [0.25, 0.3) is 0 Å². The average Bonchev–Trinajstić information content (AvgIpc) is 2.74. The first-order valence-corrected chi connectivity index (χ1v) is 6.22. The largest absolute Gasteiger partial charge is 0.508 e. The van der Waals surface area contributed by atoms with Crippen LogP contribution in [0.1, 0.15) is 35.7 Å². The lowest BCUT2D eigenvalue weighted by atomic mass is 10.0. The van der Waals surface area contributed by atoms with Crippen molar-refractivity contribution >= 4 is 5.91 Å². The molecule has 2 N–H and O–H groups in total. The fraction of sp³-hybridized carbons (Fsp3) is 0.500. The van der Waals surface area contributed by atoms with Crippen LogP contribution in [-0.2, 0) is 4.74 Å². The zero-order chi connectivity index (χ0) is 13.2. The van der Waals surface area contributed by atoms with Crippen LogP contribution >= 0.6 is 0 Å². The van der Waals surface area contributed by atoms with E-state index >= 15 is 0 Å². The molecule has 1 atom stereocenters. The highest BCUT2D eigenvalue weighted by Crippen LogP contribution is 2.24. The van der Waals surface area contributed by atoms with Gasteiger partial charge in [0.05, 0.1) is 5.60 Å². The lowest BCUT2D eigenvalue weighted by molar-refractivity contribution is 0.0206. The Morgan fingerprint density at radius 3 is 2.94 bits per heavy atom. The summed E-state index contributed by atoms with van der Waals surface area (Å²) in [6, 6.07) is 4.75. The van der Waals surface area contributed by atoms with E-state index in [2.05, 4.69) is 5.32 Å². The summed E-state index contributed by atoms with van der Waals surface area (Å²) in [5.74, 6) is 0.0550. The first-order valence-electron chi connectivity index (χ1n) is 6.22. The Hall–Kier alpha value is -1.55. The van der Waals surface area contributed by atoms with Gasteiger partial charge in [-0.3, -0.25) is 4.79 Å². The normalized spacial score (nSPS) is 23.0. The smallest absolute Gasteiger partial charge is 0.251 e. The zero-order valence-electron chi connectivity index (χ0n) is 10.8. The standard InChI is InChI=1S/C14H19NO3/c1-10-8-11(16)4-5-12(10)13(17)15-9-14(2)6-3-7-18-14/h4-5,8,16H,3,6-7,9H2,1-2H3,(H,15,17). The Morgan fingerprint density at radius 1 is 1.56 bits per heavy atom. The van der Waals surface area contributed by atoms with E-state index in [4.69, 9.17) is 4.74 Å². The lowest BCUT2D eigenvalue weighted by Crippen LogP contribution is -2.40. The fourth-order valence-electron chi connectivity index (χ4n) is 2.24. The van der Waals surface area contributed by atoms with Crippen LogP contribution in [0.5, 0.6) is 5.75 Å². The molecular weight excluding hydrogens is 230 g/mol. The Bertz CT molecular complexity index is 450. The molecule has 0 bridgehead atoms. The molecule has 0 saturated carbocycles. The molecule has 1 fully saturated rings. The highest BCUT2D eigenvalue weighted by atomic mass is 16.5. The molecule has 0 aliphatic carbocycles. The third kappa shape index (κ3) is 2.82. The van der Waals surface area contributed by atoms with Crippen molar-refractivity contribution < 1.29 is 14.6 Å². The molecule has 1 aliphatic rings. The number of nitrogens with one attached hydrogen (secondary N) is 1. The Balaban J connectivity index is 1.99. The molecule has 4 nitrogen and oxygen atoms in total. The monoisotopic (exact) mass is 249 g/mol. The molecule has 4 heteroatoms. The van der Waals surface area contributed by atoms with Gasteiger partial charge < -0.3 is 15.2 Å². The predicted molar refractivity (Wildman–Crippen MR) is 68.8 cm³/mol. The Labute approximate surface area is 107 Å². The maximum atomic E-state index is 12.0. The molecule has 2 rings (SSSR count). The van der Waals surface area contributed by atoms with Gasteiger partial charge in [0.2, 0.25) is 0 Å². The number of hydrogen-bond donors (Lipinski definition) is 2. The van der Waals surface area contributed by atoms with Crippen LogP contribution in [-0.4, -0.2) is 29.8 Å². The van der Waals surface area contributed by atoms with E-state index in [1.54, 1.807) is 12.1 Å². The Kier molecular flexibility index (Phi) is 3.57. The molecule has 1 heterocycles. The van der Waals surface area contributed by atoms with Gasteiger partial charge in [-0.05, 0) is 50.5 Å². The number of aromatic hydroxyl groups is 1. The molecule has 1 aromatic rings. The van der Waals surface area contributed by atoms with Gasteiger partial charge in [-0.2, -0.15) is 0 Å². The maximum Gasteiger partial charge on any atom is 0.251 e. The third-order valence-corrected chi connectivity index (χ3v) is 3.38. The van der Waals surface area contributed by atoms with Crippen molar-refractivity contribution in [2.24, 2.45) is 0 Å². The summed E-state index contributed by atoms with van der Waals surface area (Å²) in [4.78, 5) is 12.0. The van der Waals surface area contributed by atoms with Crippen molar-refractivity contribution in [2.75, 3.05) is 13.2 Å². The second-order valence-electron chi connectivity index (χ2n) is 5.08. The number of phenolic OH excluding ortho intramolecular Hbond substituents is 1. The van der Waals surface area contributed by atoms with Crippen LogP contribution in [0.15, 0.2) is 18.2 Å². The summed E-state index contributed by atoms with van der Waals surface area (Å²) in [6.45, 7) is 5.11. The fourth-order valence-corrected chi connectivity index (χ4v) is 2.24. The van der Waals surface area contributed by atoms with E-state index in [1.807, 2.05) is 13.8 Å². The number of ether oxygens (including phenoxy) is 1. The quantitative estimate of drug-likeness (QED) is 0.861. The maximum absolute atomic E-state index is 12.0. The molecule has 18 heavy (non-hydrogen) atoms. The Morgan fingerprint density at radius 2 is 2.33 bits per heavy atom. The minimum atomic E-state index is -0.236. The molecule has 0 radical (unpaired) electrons. The van der Waals surface area contributed by atoms with Gasteiger partial charge in [0.25, 0.3) is 5.91 Å². The number of carbonyl (C=O) groups is 1. The number of carbonyl (C=O) groups excluding carboxylic acids is 1. The molecule has 1 aromatic carbocycles. The molecule has 1 saturated heterocycles. The topological polar surface area (TPSA) is 58.6 Å². The van der Waals surface area contributed by atoms with Gasteiger partial charge in [0.1, 0.15) is 5.75 Å². The number of hydrogen-bond acceptors (Lipinski definition) is 3. The number of benzene rings is 1. The first kappa shape index (κ1) is 12.9. The van der Waals surface area contributed by atoms with E-state index in [9.17, 15) is 9.90 Å².